The molecule has 2 aromatic rings. The van der Waals surface area contributed by atoms with Gasteiger partial charge in [-0.3, -0.25) is 4.79 Å². The van der Waals surface area contributed by atoms with Crippen molar-refractivity contribution >= 4 is 22.1 Å². The largest absolute Gasteiger partial charge is 0.481 e. The number of hydrogen-bond donors (Lipinski definition) is 2. The zero-order chi connectivity index (χ0) is 24.3. The summed E-state index contributed by atoms with van der Waals surface area (Å²) in [6.45, 7) is 4.32. The van der Waals surface area contributed by atoms with Gasteiger partial charge in [-0.2, -0.15) is 8.42 Å². The number of nitrogens with zero attached hydrogens (tertiary/aromatic N) is 1. The van der Waals surface area contributed by atoms with Crippen LogP contribution in [0.15, 0.2) is 47.4 Å². The van der Waals surface area contributed by atoms with Crippen molar-refractivity contribution < 1.29 is 32.4 Å². The molecule has 0 spiro atoms. The first-order chi connectivity index (χ1) is 15.0. The maximum absolute atomic E-state index is 12.4. The van der Waals surface area contributed by atoms with Crippen molar-refractivity contribution in [3.63, 3.8) is 0 Å². The summed E-state index contributed by atoms with van der Waals surface area (Å²) in [5.74, 6) is -1.81. The minimum atomic E-state index is -4.04. The lowest BCUT2D eigenvalue weighted by atomic mass is 10.1. The fraction of sp³-hybridized carbons (Fsp3) is 0.391. The normalized spacial score (nSPS) is 10.9. The third-order valence-electron chi connectivity index (χ3n) is 4.30. The summed E-state index contributed by atoms with van der Waals surface area (Å²) in [6, 6.07) is 10.5. The van der Waals surface area contributed by atoms with Crippen LogP contribution in [0.4, 0.5) is 0 Å². The Hall–Kier alpha value is -2.91. The van der Waals surface area contributed by atoms with Crippen LogP contribution in [0, 0.1) is 6.92 Å². The van der Waals surface area contributed by atoms with E-state index in [0.29, 0.717) is 18.5 Å². The van der Waals surface area contributed by atoms with E-state index in [1.165, 1.54) is 24.3 Å². The molecular weight excluding hydrogens is 434 g/mol. The van der Waals surface area contributed by atoms with Crippen LogP contribution in [0.5, 0.6) is 5.75 Å². The van der Waals surface area contributed by atoms with Crippen LogP contribution in [0.25, 0.3) is 0 Å². The third kappa shape index (κ3) is 9.49. The SMILES string of the molecule is CCCCCC(=O)O.Cc1ccc(S(=O)(=O)Oc2cc(C(=O)O)ccc2CN(C)C)cc1. The van der Waals surface area contributed by atoms with E-state index in [1.807, 2.05) is 25.9 Å². The van der Waals surface area contributed by atoms with Gasteiger partial charge in [0.1, 0.15) is 10.6 Å². The number of carbonyl (C=O) groups is 2. The van der Waals surface area contributed by atoms with E-state index >= 15 is 0 Å². The average Bonchev–Trinajstić information content (AvgIpc) is 2.69. The van der Waals surface area contributed by atoms with E-state index in [-0.39, 0.29) is 16.2 Å². The summed E-state index contributed by atoms with van der Waals surface area (Å²) in [5, 5.41) is 17.3. The van der Waals surface area contributed by atoms with E-state index in [0.717, 1.165) is 24.8 Å². The minimum absolute atomic E-state index is 0.0178. The Labute approximate surface area is 189 Å². The highest BCUT2D eigenvalue weighted by Crippen LogP contribution is 2.26. The Balaban J connectivity index is 0.000000547. The van der Waals surface area contributed by atoms with Gasteiger partial charge in [-0.05, 0) is 51.7 Å². The standard InChI is InChI=1S/C17H19NO5S.C6H12O2/c1-12-4-8-15(9-5-12)24(21,22)23-16-10-13(17(19)20)6-7-14(16)11-18(2)3;1-2-3-4-5-6(7)8/h4-10H,11H2,1-3H3,(H,19,20);2-5H2,1H3,(H,7,8). The second kappa shape index (κ2) is 12.8. The number of hydrogen-bond acceptors (Lipinski definition) is 6. The number of unbranched alkanes of at least 4 members (excludes halogenated alkanes) is 2. The van der Waals surface area contributed by atoms with E-state index < -0.39 is 22.1 Å². The van der Waals surface area contributed by atoms with Crippen molar-refractivity contribution in [2.75, 3.05) is 14.1 Å². The van der Waals surface area contributed by atoms with Crippen molar-refractivity contribution in [1.82, 2.24) is 4.90 Å². The molecular formula is C23H31NO7S. The fourth-order valence-electron chi connectivity index (χ4n) is 2.63. The second-order valence-corrected chi connectivity index (χ2v) is 9.11. The van der Waals surface area contributed by atoms with E-state index in [1.54, 1.807) is 18.2 Å². The molecule has 0 radical (unpaired) electrons. The number of carboxylic acids is 2. The molecule has 32 heavy (non-hydrogen) atoms. The zero-order valence-corrected chi connectivity index (χ0v) is 19.7. The lowest BCUT2D eigenvalue weighted by Gasteiger charge is -2.15. The van der Waals surface area contributed by atoms with E-state index in [9.17, 15) is 18.0 Å². The molecule has 0 aromatic heterocycles. The molecule has 0 bridgehead atoms. The van der Waals surface area contributed by atoms with Gasteiger partial charge >= 0.3 is 22.1 Å². The topological polar surface area (TPSA) is 121 Å². The Morgan fingerprint density at radius 3 is 2.12 bits per heavy atom. The monoisotopic (exact) mass is 465 g/mol. The number of rotatable bonds is 10. The summed E-state index contributed by atoms with van der Waals surface area (Å²) in [6.07, 6.45) is 3.28. The van der Waals surface area contributed by atoms with Crippen LogP contribution >= 0.6 is 0 Å². The van der Waals surface area contributed by atoms with Gasteiger partial charge in [0.2, 0.25) is 0 Å². The van der Waals surface area contributed by atoms with Crippen molar-refractivity contribution in [1.29, 1.82) is 0 Å². The molecule has 0 aliphatic heterocycles. The van der Waals surface area contributed by atoms with Gasteiger partial charge in [-0.25, -0.2) is 4.79 Å². The molecule has 2 aromatic carbocycles. The highest BCUT2D eigenvalue weighted by Gasteiger charge is 2.20. The molecule has 0 saturated carbocycles. The zero-order valence-electron chi connectivity index (χ0n) is 18.9. The van der Waals surface area contributed by atoms with Gasteiger partial charge in [0.05, 0.1) is 5.56 Å². The molecule has 0 fully saturated rings. The Kier molecular flexibility index (Phi) is 10.9. The third-order valence-corrected chi connectivity index (χ3v) is 5.55. The lowest BCUT2D eigenvalue weighted by Crippen LogP contribution is -2.15. The van der Waals surface area contributed by atoms with Crippen LogP contribution in [-0.4, -0.2) is 49.6 Å². The molecule has 0 aliphatic carbocycles. The van der Waals surface area contributed by atoms with Gasteiger partial charge in [0, 0.05) is 18.5 Å². The summed E-state index contributed by atoms with van der Waals surface area (Å²) >= 11 is 0. The summed E-state index contributed by atoms with van der Waals surface area (Å²) in [7, 11) is -0.397. The number of aromatic carboxylic acids is 1. The second-order valence-electron chi connectivity index (χ2n) is 7.57. The number of aliphatic carboxylic acids is 1. The van der Waals surface area contributed by atoms with Gasteiger partial charge in [-0.1, -0.05) is 43.5 Å². The van der Waals surface area contributed by atoms with Crippen LogP contribution in [-0.2, 0) is 21.5 Å². The minimum Gasteiger partial charge on any atom is -0.481 e. The first kappa shape index (κ1) is 27.1. The molecule has 2 N–H and O–H groups in total. The fourth-order valence-corrected chi connectivity index (χ4v) is 3.59. The Morgan fingerprint density at radius 2 is 1.62 bits per heavy atom. The number of benzene rings is 2. The Bertz CT molecular complexity index is 1000. The van der Waals surface area contributed by atoms with Gasteiger partial charge in [-0.15, -0.1) is 0 Å². The average molecular weight is 466 g/mol. The molecule has 0 unspecified atom stereocenters. The van der Waals surface area contributed by atoms with Crippen LogP contribution in [0.1, 0.15) is 54.1 Å². The van der Waals surface area contributed by atoms with Crippen molar-refractivity contribution in [2.24, 2.45) is 0 Å². The highest BCUT2D eigenvalue weighted by molar-refractivity contribution is 7.87. The molecule has 8 nitrogen and oxygen atoms in total. The van der Waals surface area contributed by atoms with Gasteiger partial charge in [0.25, 0.3) is 0 Å². The van der Waals surface area contributed by atoms with E-state index in [2.05, 4.69) is 6.92 Å². The maximum atomic E-state index is 12.4. The number of carboxylic acid groups (broad SMARTS) is 2. The molecule has 0 atom stereocenters. The van der Waals surface area contributed by atoms with Crippen LogP contribution in [0.3, 0.4) is 0 Å². The van der Waals surface area contributed by atoms with Crippen LogP contribution in [0.2, 0.25) is 0 Å². The molecule has 9 heteroatoms. The van der Waals surface area contributed by atoms with Gasteiger partial charge < -0.3 is 19.3 Å². The summed E-state index contributed by atoms with van der Waals surface area (Å²) in [4.78, 5) is 22.9. The summed E-state index contributed by atoms with van der Waals surface area (Å²) < 4.78 is 30.1. The summed E-state index contributed by atoms with van der Waals surface area (Å²) in [5.41, 5.74) is 1.47. The van der Waals surface area contributed by atoms with Gasteiger partial charge in [0.15, 0.2) is 0 Å². The van der Waals surface area contributed by atoms with E-state index in [4.69, 9.17) is 14.4 Å². The predicted octanol–water partition coefficient (Wildman–Crippen LogP) is 4.17. The lowest BCUT2D eigenvalue weighted by molar-refractivity contribution is -0.137. The van der Waals surface area contributed by atoms with Crippen molar-refractivity contribution in [3.8, 4) is 5.75 Å². The van der Waals surface area contributed by atoms with Crippen molar-refractivity contribution in [2.45, 2.75) is 51.0 Å². The quantitative estimate of drug-likeness (QED) is 0.396. The molecule has 176 valence electrons. The molecule has 0 heterocycles. The smallest absolute Gasteiger partial charge is 0.339 e. The highest BCUT2D eigenvalue weighted by atomic mass is 32.2. The molecule has 0 amide bonds. The van der Waals surface area contributed by atoms with Crippen LogP contribution < -0.4 is 4.18 Å². The van der Waals surface area contributed by atoms with Crippen molar-refractivity contribution in [3.05, 3.63) is 59.2 Å². The molecule has 2 rings (SSSR count). The number of aryl methyl sites for hydroxylation is 1. The predicted molar refractivity (Wildman–Crippen MR) is 122 cm³/mol. The first-order valence-corrected chi connectivity index (χ1v) is 11.6. The molecule has 0 aliphatic rings. The maximum Gasteiger partial charge on any atom is 0.339 e. The first-order valence-electron chi connectivity index (χ1n) is 10.2. The Morgan fingerprint density at radius 1 is 1.00 bits per heavy atom. The molecule has 0 saturated heterocycles.